The predicted molar refractivity (Wildman–Crippen MR) is 73.2 cm³/mol. The molecule has 1 heterocycles. The van der Waals surface area contributed by atoms with Gasteiger partial charge < -0.3 is 10.1 Å². The van der Waals surface area contributed by atoms with Gasteiger partial charge in [-0.1, -0.05) is 12.1 Å². The summed E-state index contributed by atoms with van der Waals surface area (Å²) in [5.41, 5.74) is 1.12. The molecule has 0 unspecified atom stereocenters. The van der Waals surface area contributed by atoms with E-state index < -0.39 is 6.61 Å². The first-order chi connectivity index (χ1) is 8.66. The van der Waals surface area contributed by atoms with Crippen LogP contribution in [0.4, 0.5) is 8.78 Å². The molecule has 1 atom stereocenters. The number of benzene rings is 1. The van der Waals surface area contributed by atoms with Crippen LogP contribution in [0.5, 0.6) is 5.75 Å². The number of piperazine rings is 1. The molecule has 1 N–H and O–H groups in total. The summed E-state index contributed by atoms with van der Waals surface area (Å²) in [4.78, 5) is 2.37. The van der Waals surface area contributed by atoms with Crippen LogP contribution in [-0.2, 0) is 0 Å². The smallest absolute Gasteiger partial charge is 0.387 e. The lowest BCUT2D eigenvalue weighted by Gasteiger charge is -2.33. The molecule has 0 aliphatic carbocycles. The standard InChI is InChI=1S/C13H18F2N2O.ClH/c1-10(17-8-6-16-7-9-17)11-2-4-12(5-3-11)18-13(14)15;/h2-5,10,13,16H,6-9H2,1H3;1H/t10-;/m0./s1. The normalized spacial score (nSPS) is 17.9. The van der Waals surface area contributed by atoms with Crippen LogP contribution in [-0.4, -0.2) is 37.7 Å². The summed E-state index contributed by atoms with van der Waals surface area (Å²) in [6.45, 7) is 3.39. The summed E-state index contributed by atoms with van der Waals surface area (Å²) < 4.78 is 28.4. The summed E-state index contributed by atoms with van der Waals surface area (Å²) in [7, 11) is 0. The summed E-state index contributed by atoms with van der Waals surface area (Å²) in [6.07, 6.45) is 0. The van der Waals surface area contributed by atoms with E-state index in [1.165, 1.54) is 0 Å². The van der Waals surface area contributed by atoms with Crippen molar-refractivity contribution in [2.24, 2.45) is 0 Å². The summed E-state index contributed by atoms with van der Waals surface area (Å²) in [5, 5.41) is 3.31. The zero-order valence-corrected chi connectivity index (χ0v) is 11.6. The Morgan fingerprint density at radius 1 is 1.16 bits per heavy atom. The van der Waals surface area contributed by atoms with E-state index in [2.05, 4.69) is 21.9 Å². The highest BCUT2D eigenvalue weighted by Crippen LogP contribution is 2.23. The van der Waals surface area contributed by atoms with Gasteiger partial charge in [0.25, 0.3) is 0 Å². The van der Waals surface area contributed by atoms with Crippen LogP contribution in [0, 0.1) is 0 Å². The number of rotatable bonds is 4. The molecule has 0 amide bonds. The van der Waals surface area contributed by atoms with E-state index in [9.17, 15) is 8.78 Å². The van der Waals surface area contributed by atoms with E-state index in [0.717, 1.165) is 31.7 Å². The highest BCUT2D eigenvalue weighted by atomic mass is 35.5. The van der Waals surface area contributed by atoms with Gasteiger partial charge in [0.15, 0.2) is 0 Å². The molecular formula is C13H19ClF2N2O. The summed E-state index contributed by atoms with van der Waals surface area (Å²) >= 11 is 0. The highest BCUT2D eigenvalue weighted by molar-refractivity contribution is 5.85. The van der Waals surface area contributed by atoms with Crippen molar-refractivity contribution < 1.29 is 13.5 Å². The average Bonchev–Trinajstić information content (AvgIpc) is 2.39. The Bertz CT molecular complexity index is 369. The monoisotopic (exact) mass is 292 g/mol. The van der Waals surface area contributed by atoms with Crippen molar-refractivity contribution in [3.63, 3.8) is 0 Å². The number of nitrogens with zero attached hydrogens (tertiary/aromatic N) is 1. The molecule has 1 aromatic rings. The Kier molecular flexibility index (Phi) is 6.48. The van der Waals surface area contributed by atoms with E-state index in [1.807, 2.05) is 12.1 Å². The first-order valence-corrected chi connectivity index (χ1v) is 6.16. The molecule has 0 radical (unpaired) electrons. The maximum atomic E-state index is 12.0. The highest BCUT2D eigenvalue weighted by Gasteiger charge is 2.17. The first-order valence-electron chi connectivity index (χ1n) is 6.16. The van der Waals surface area contributed by atoms with E-state index in [-0.39, 0.29) is 18.2 Å². The van der Waals surface area contributed by atoms with Gasteiger partial charge >= 0.3 is 6.61 Å². The number of hydrogen-bond acceptors (Lipinski definition) is 3. The molecule has 6 heteroatoms. The molecule has 1 saturated heterocycles. The minimum absolute atomic E-state index is 0. The van der Waals surface area contributed by atoms with Gasteiger partial charge in [0, 0.05) is 32.2 Å². The second-order valence-corrected chi connectivity index (χ2v) is 4.41. The Hall–Kier alpha value is -0.910. The second kappa shape index (κ2) is 7.62. The van der Waals surface area contributed by atoms with Crippen molar-refractivity contribution >= 4 is 12.4 Å². The van der Waals surface area contributed by atoms with Crippen LogP contribution in [0.15, 0.2) is 24.3 Å². The van der Waals surface area contributed by atoms with Gasteiger partial charge in [0.2, 0.25) is 0 Å². The molecule has 3 nitrogen and oxygen atoms in total. The molecule has 1 aliphatic heterocycles. The molecule has 1 aromatic carbocycles. The number of ether oxygens (including phenoxy) is 1. The van der Waals surface area contributed by atoms with Gasteiger partial charge in [-0.3, -0.25) is 4.90 Å². The van der Waals surface area contributed by atoms with Crippen molar-refractivity contribution in [3.8, 4) is 5.75 Å². The SMILES string of the molecule is C[C@@H](c1ccc(OC(F)F)cc1)N1CCNCC1.Cl. The zero-order valence-electron chi connectivity index (χ0n) is 10.8. The van der Waals surface area contributed by atoms with Crippen LogP contribution < -0.4 is 10.1 Å². The van der Waals surface area contributed by atoms with Crippen molar-refractivity contribution in [3.05, 3.63) is 29.8 Å². The number of hydrogen-bond donors (Lipinski definition) is 1. The lowest BCUT2D eigenvalue weighted by atomic mass is 10.1. The molecular weight excluding hydrogens is 274 g/mol. The first kappa shape index (κ1) is 16.1. The van der Waals surface area contributed by atoms with Gasteiger partial charge in [-0.05, 0) is 24.6 Å². The van der Waals surface area contributed by atoms with Crippen LogP contribution in [0.1, 0.15) is 18.5 Å². The summed E-state index contributed by atoms with van der Waals surface area (Å²) in [6, 6.07) is 7.20. The zero-order chi connectivity index (χ0) is 13.0. The topological polar surface area (TPSA) is 24.5 Å². The van der Waals surface area contributed by atoms with Gasteiger partial charge in [-0.25, -0.2) is 0 Å². The van der Waals surface area contributed by atoms with Crippen LogP contribution >= 0.6 is 12.4 Å². The maximum absolute atomic E-state index is 12.0. The summed E-state index contributed by atoms with van der Waals surface area (Å²) in [5.74, 6) is 0.210. The van der Waals surface area contributed by atoms with Gasteiger partial charge in [-0.15, -0.1) is 12.4 Å². The average molecular weight is 293 g/mol. The third-order valence-electron chi connectivity index (χ3n) is 3.29. The third kappa shape index (κ3) is 4.60. The van der Waals surface area contributed by atoms with E-state index in [1.54, 1.807) is 12.1 Å². The Morgan fingerprint density at radius 2 is 1.74 bits per heavy atom. The molecule has 1 aliphatic rings. The quantitative estimate of drug-likeness (QED) is 0.923. The fourth-order valence-corrected chi connectivity index (χ4v) is 2.21. The van der Waals surface area contributed by atoms with Crippen molar-refractivity contribution in [1.82, 2.24) is 10.2 Å². The van der Waals surface area contributed by atoms with E-state index in [0.29, 0.717) is 6.04 Å². The van der Waals surface area contributed by atoms with Gasteiger partial charge in [0.05, 0.1) is 0 Å². The molecule has 108 valence electrons. The third-order valence-corrected chi connectivity index (χ3v) is 3.29. The second-order valence-electron chi connectivity index (χ2n) is 4.41. The van der Waals surface area contributed by atoms with Crippen molar-refractivity contribution in [2.45, 2.75) is 19.6 Å². The molecule has 0 aromatic heterocycles. The van der Waals surface area contributed by atoms with Crippen LogP contribution in [0.3, 0.4) is 0 Å². The molecule has 0 spiro atoms. The molecule has 2 rings (SSSR count). The van der Waals surface area contributed by atoms with E-state index in [4.69, 9.17) is 0 Å². The lowest BCUT2D eigenvalue weighted by Crippen LogP contribution is -2.44. The van der Waals surface area contributed by atoms with Crippen molar-refractivity contribution in [1.29, 1.82) is 0 Å². The Labute approximate surface area is 118 Å². The number of halogens is 3. The predicted octanol–water partition coefficient (Wildman–Crippen LogP) is 2.68. The largest absolute Gasteiger partial charge is 0.435 e. The Morgan fingerprint density at radius 3 is 2.26 bits per heavy atom. The van der Waals surface area contributed by atoms with Crippen LogP contribution in [0.25, 0.3) is 0 Å². The lowest BCUT2D eigenvalue weighted by molar-refractivity contribution is -0.0498. The van der Waals surface area contributed by atoms with E-state index >= 15 is 0 Å². The number of alkyl halides is 2. The number of nitrogens with one attached hydrogen (secondary N) is 1. The fraction of sp³-hybridized carbons (Fsp3) is 0.538. The maximum Gasteiger partial charge on any atom is 0.387 e. The Balaban J connectivity index is 0.00000180. The fourth-order valence-electron chi connectivity index (χ4n) is 2.21. The molecule has 19 heavy (non-hydrogen) atoms. The van der Waals surface area contributed by atoms with Crippen LogP contribution in [0.2, 0.25) is 0 Å². The minimum Gasteiger partial charge on any atom is -0.435 e. The molecule has 1 fully saturated rings. The van der Waals surface area contributed by atoms with Crippen molar-refractivity contribution in [2.75, 3.05) is 26.2 Å². The molecule has 0 saturated carbocycles. The molecule has 0 bridgehead atoms. The van der Waals surface area contributed by atoms with Gasteiger partial charge in [0.1, 0.15) is 5.75 Å². The minimum atomic E-state index is -2.76. The van der Waals surface area contributed by atoms with Gasteiger partial charge in [-0.2, -0.15) is 8.78 Å².